The molecule has 2 heterocycles. The first-order valence-corrected chi connectivity index (χ1v) is 11.8. The summed E-state index contributed by atoms with van der Waals surface area (Å²) < 4.78 is 47.2. The SMILES string of the molecule is COc1ccc2c(=O)n(-c3ccc(NC(=O)NS(=O)(=O)c4ccc(Cl)s4)cc3F)cnc2c1. The number of hydrogen-bond donors (Lipinski definition) is 2. The second-order valence-electron chi connectivity index (χ2n) is 6.59. The maximum absolute atomic E-state index is 14.8. The summed E-state index contributed by atoms with van der Waals surface area (Å²) in [5, 5.41) is 2.50. The molecule has 0 spiro atoms. The Morgan fingerprint density at radius 1 is 1.18 bits per heavy atom. The number of methoxy groups -OCH3 is 1. The second-order valence-corrected chi connectivity index (χ2v) is 10.2. The van der Waals surface area contributed by atoms with E-state index in [1.54, 1.807) is 12.1 Å². The molecule has 0 aliphatic heterocycles. The predicted molar refractivity (Wildman–Crippen MR) is 123 cm³/mol. The molecule has 0 saturated carbocycles. The van der Waals surface area contributed by atoms with Crippen LogP contribution in [0.1, 0.15) is 0 Å². The van der Waals surface area contributed by atoms with Gasteiger partial charge in [-0.05, 0) is 42.5 Å². The predicted octanol–water partition coefficient (Wildman–Crippen LogP) is 3.76. The number of carbonyl (C=O) groups is 1. The fourth-order valence-electron chi connectivity index (χ4n) is 2.95. The van der Waals surface area contributed by atoms with Gasteiger partial charge in [-0.25, -0.2) is 27.3 Å². The number of nitrogens with zero attached hydrogens (tertiary/aromatic N) is 2. The Balaban J connectivity index is 1.57. The Morgan fingerprint density at radius 2 is 1.97 bits per heavy atom. The summed E-state index contributed by atoms with van der Waals surface area (Å²) in [5.41, 5.74) is -0.239. The van der Waals surface area contributed by atoms with Crippen molar-refractivity contribution in [2.24, 2.45) is 0 Å². The summed E-state index contributed by atoms with van der Waals surface area (Å²) in [5.74, 6) is -0.311. The third-order valence-electron chi connectivity index (χ3n) is 4.47. The summed E-state index contributed by atoms with van der Waals surface area (Å²) >= 11 is 6.50. The van der Waals surface area contributed by atoms with E-state index in [2.05, 4.69) is 10.3 Å². The normalized spacial score (nSPS) is 11.4. The lowest BCUT2D eigenvalue weighted by molar-refractivity contribution is 0.256. The zero-order valence-corrected chi connectivity index (χ0v) is 19.1. The third-order valence-corrected chi connectivity index (χ3v) is 7.53. The molecule has 33 heavy (non-hydrogen) atoms. The van der Waals surface area contributed by atoms with Gasteiger partial charge in [0.2, 0.25) is 0 Å². The smallest absolute Gasteiger partial charge is 0.333 e. The fourth-order valence-corrected chi connectivity index (χ4v) is 5.34. The van der Waals surface area contributed by atoms with Crippen molar-refractivity contribution in [1.29, 1.82) is 0 Å². The van der Waals surface area contributed by atoms with E-state index in [1.165, 1.54) is 43.8 Å². The Labute approximate surface area is 195 Å². The first-order valence-electron chi connectivity index (χ1n) is 9.12. The van der Waals surface area contributed by atoms with Crippen LogP contribution in [0.3, 0.4) is 0 Å². The van der Waals surface area contributed by atoms with Crippen molar-refractivity contribution in [2.75, 3.05) is 12.4 Å². The number of hydrogen-bond acceptors (Lipinski definition) is 7. The van der Waals surface area contributed by atoms with E-state index < -0.39 is 27.4 Å². The van der Waals surface area contributed by atoms with Crippen LogP contribution in [0.4, 0.5) is 14.9 Å². The van der Waals surface area contributed by atoms with E-state index in [4.69, 9.17) is 16.3 Å². The highest BCUT2D eigenvalue weighted by molar-refractivity contribution is 7.92. The number of carbonyl (C=O) groups excluding carboxylic acids is 1. The Morgan fingerprint density at radius 3 is 2.64 bits per heavy atom. The van der Waals surface area contributed by atoms with E-state index in [-0.39, 0.29) is 25.3 Å². The maximum atomic E-state index is 14.8. The van der Waals surface area contributed by atoms with Crippen molar-refractivity contribution in [3.8, 4) is 11.4 Å². The van der Waals surface area contributed by atoms with Gasteiger partial charge in [0.1, 0.15) is 22.1 Å². The second kappa shape index (κ2) is 8.81. The van der Waals surface area contributed by atoms with Gasteiger partial charge in [-0.1, -0.05) is 11.6 Å². The highest BCUT2D eigenvalue weighted by atomic mass is 35.5. The average molecular weight is 509 g/mol. The Hall–Kier alpha value is -3.48. The molecular formula is C20H14ClFN4O5S2. The first-order chi connectivity index (χ1) is 15.7. The first kappa shape index (κ1) is 22.7. The molecule has 0 atom stereocenters. The van der Waals surface area contributed by atoms with Gasteiger partial charge in [0.05, 0.1) is 28.0 Å². The van der Waals surface area contributed by atoms with Crippen molar-refractivity contribution in [1.82, 2.24) is 14.3 Å². The standard InChI is InChI=1S/C20H14ClFN4O5S2/c1-31-12-3-4-13-15(9-12)23-10-26(19(13)27)16-5-2-11(8-14(16)22)24-20(28)25-33(29,30)18-7-6-17(21)32-18/h2-10H,1H3,(H2,24,25,28). The topological polar surface area (TPSA) is 119 Å². The zero-order valence-electron chi connectivity index (χ0n) is 16.7. The average Bonchev–Trinajstić information content (AvgIpc) is 3.21. The number of ether oxygens (including phenoxy) is 1. The van der Waals surface area contributed by atoms with Gasteiger partial charge in [0, 0.05) is 11.8 Å². The number of halogens is 2. The number of amides is 2. The summed E-state index contributed by atoms with van der Waals surface area (Å²) in [7, 11) is -2.65. The Kier molecular flexibility index (Phi) is 6.06. The van der Waals surface area contributed by atoms with Gasteiger partial charge >= 0.3 is 6.03 Å². The number of aromatic nitrogens is 2. The van der Waals surface area contributed by atoms with Crippen LogP contribution in [0, 0.1) is 5.82 Å². The van der Waals surface area contributed by atoms with Gasteiger partial charge in [-0.15, -0.1) is 11.3 Å². The Bertz CT molecular complexity index is 1550. The summed E-state index contributed by atoms with van der Waals surface area (Å²) in [4.78, 5) is 29.1. The summed E-state index contributed by atoms with van der Waals surface area (Å²) in [6.07, 6.45) is 1.18. The molecule has 4 rings (SSSR count). The van der Waals surface area contributed by atoms with Crippen LogP contribution < -0.4 is 20.3 Å². The number of nitrogens with one attached hydrogen (secondary N) is 2. The van der Waals surface area contributed by atoms with Crippen LogP contribution in [-0.2, 0) is 10.0 Å². The fraction of sp³-hybridized carbons (Fsp3) is 0.0500. The minimum absolute atomic E-state index is 0.0281. The van der Waals surface area contributed by atoms with Crippen LogP contribution in [0.2, 0.25) is 4.34 Å². The minimum Gasteiger partial charge on any atom is -0.497 e. The number of urea groups is 1. The number of benzene rings is 2. The van der Waals surface area contributed by atoms with E-state index in [1.807, 2.05) is 4.72 Å². The summed E-state index contributed by atoms with van der Waals surface area (Å²) in [6, 6.07) is 9.78. The molecule has 0 saturated heterocycles. The highest BCUT2D eigenvalue weighted by Gasteiger charge is 2.20. The lowest BCUT2D eigenvalue weighted by Crippen LogP contribution is -2.34. The van der Waals surface area contributed by atoms with Gasteiger partial charge < -0.3 is 10.1 Å². The van der Waals surface area contributed by atoms with Crippen LogP contribution in [0.25, 0.3) is 16.6 Å². The zero-order chi connectivity index (χ0) is 23.8. The molecule has 0 aliphatic carbocycles. The molecule has 2 aromatic carbocycles. The van der Waals surface area contributed by atoms with Crippen molar-refractivity contribution in [2.45, 2.75) is 4.21 Å². The molecule has 0 unspecified atom stereocenters. The molecule has 0 fully saturated rings. The van der Waals surface area contributed by atoms with Crippen LogP contribution >= 0.6 is 22.9 Å². The number of anilines is 1. The molecule has 0 bridgehead atoms. The van der Waals surface area contributed by atoms with Crippen molar-refractivity contribution >= 4 is 55.6 Å². The maximum Gasteiger partial charge on any atom is 0.333 e. The molecule has 0 aliphatic rings. The molecular weight excluding hydrogens is 495 g/mol. The highest BCUT2D eigenvalue weighted by Crippen LogP contribution is 2.25. The molecule has 2 N–H and O–H groups in total. The summed E-state index contributed by atoms with van der Waals surface area (Å²) in [6.45, 7) is 0. The van der Waals surface area contributed by atoms with Gasteiger partial charge in [-0.3, -0.25) is 9.36 Å². The largest absolute Gasteiger partial charge is 0.497 e. The van der Waals surface area contributed by atoms with Gasteiger partial charge in [-0.2, -0.15) is 0 Å². The molecule has 0 radical (unpaired) electrons. The number of fused-ring (bicyclic) bond motifs is 1. The molecule has 13 heteroatoms. The quantitative estimate of drug-likeness (QED) is 0.423. The van der Waals surface area contributed by atoms with E-state index in [0.717, 1.165) is 22.0 Å². The molecule has 2 aromatic heterocycles. The number of thiophene rings is 1. The van der Waals surface area contributed by atoms with E-state index >= 15 is 0 Å². The number of sulfonamides is 1. The van der Waals surface area contributed by atoms with Crippen molar-refractivity contribution in [3.63, 3.8) is 0 Å². The monoisotopic (exact) mass is 508 g/mol. The van der Waals surface area contributed by atoms with E-state index in [9.17, 15) is 22.4 Å². The lowest BCUT2D eigenvalue weighted by atomic mass is 10.2. The van der Waals surface area contributed by atoms with Crippen molar-refractivity contribution in [3.05, 3.63) is 75.4 Å². The van der Waals surface area contributed by atoms with Crippen LogP contribution in [-0.4, -0.2) is 31.1 Å². The molecule has 2 amide bonds. The van der Waals surface area contributed by atoms with Crippen molar-refractivity contribution < 1.29 is 22.3 Å². The lowest BCUT2D eigenvalue weighted by Gasteiger charge is -2.11. The molecule has 170 valence electrons. The van der Waals surface area contributed by atoms with Crippen LogP contribution in [0.5, 0.6) is 5.75 Å². The minimum atomic E-state index is -4.14. The number of rotatable bonds is 5. The molecule has 4 aromatic rings. The van der Waals surface area contributed by atoms with E-state index in [0.29, 0.717) is 11.3 Å². The van der Waals surface area contributed by atoms with Crippen LogP contribution in [0.15, 0.2) is 63.9 Å². The molecule has 9 nitrogen and oxygen atoms in total. The third kappa shape index (κ3) is 4.67. The van der Waals surface area contributed by atoms with Gasteiger partial charge in [0.25, 0.3) is 15.6 Å². The van der Waals surface area contributed by atoms with Gasteiger partial charge in [0.15, 0.2) is 0 Å².